The summed E-state index contributed by atoms with van der Waals surface area (Å²) in [5.41, 5.74) is -0.178. The molecule has 0 radical (unpaired) electrons. The zero-order chi connectivity index (χ0) is 10.8. The van der Waals surface area contributed by atoms with Gasteiger partial charge in [0.2, 0.25) is 0 Å². The van der Waals surface area contributed by atoms with Gasteiger partial charge in [0.25, 0.3) is 0 Å². The minimum absolute atomic E-state index is 0.0744. The van der Waals surface area contributed by atoms with Crippen LogP contribution in [-0.2, 0) is 0 Å². The van der Waals surface area contributed by atoms with Gasteiger partial charge in [-0.25, -0.2) is 8.78 Å². The Morgan fingerprint density at radius 1 is 1.40 bits per heavy atom. The molecule has 0 unspecified atom stereocenters. The maximum Gasteiger partial charge on any atom is 0.179 e. The number of hydrogen-bond acceptors (Lipinski definition) is 2. The van der Waals surface area contributed by atoms with Crippen molar-refractivity contribution in [2.45, 2.75) is 18.9 Å². The van der Waals surface area contributed by atoms with Crippen molar-refractivity contribution in [1.29, 1.82) is 0 Å². The lowest BCUT2D eigenvalue weighted by Gasteiger charge is -2.03. The first-order valence-corrected chi connectivity index (χ1v) is 4.89. The van der Waals surface area contributed by atoms with E-state index in [1.54, 1.807) is 0 Å². The SMILES string of the molecule is O=C(CNC1CC1)c1cccc(F)c1F. The topological polar surface area (TPSA) is 29.1 Å². The summed E-state index contributed by atoms with van der Waals surface area (Å²) in [6, 6.07) is 4.02. The molecule has 1 aliphatic rings. The molecule has 0 aromatic heterocycles. The fraction of sp³-hybridized carbons (Fsp3) is 0.364. The minimum atomic E-state index is -1.06. The number of carbonyl (C=O) groups excluding carboxylic acids is 1. The van der Waals surface area contributed by atoms with Crippen LogP contribution in [0.15, 0.2) is 18.2 Å². The standard InChI is InChI=1S/C11H11F2NO/c12-9-3-1-2-8(11(9)13)10(15)6-14-7-4-5-7/h1-3,7,14H,4-6H2. The van der Waals surface area contributed by atoms with E-state index in [9.17, 15) is 13.6 Å². The second-order valence-electron chi connectivity index (χ2n) is 3.68. The highest BCUT2D eigenvalue weighted by Crippen LogP contribution is 2.18. The van der Waals surface area contributed by atoms with E-state index in [-0.39, 0.29) is 12.1 Å². The van der Waals surface area contributed by atoms with E-state index >= 15 is 0 Å². The van der Waals surface area contributed by atoms with Crippen LogP contribution in [0.5, 0.6) is 0 Å². The van der Waals surface area contributed by atoms with Crippen LogP contribution < -0.4 is 5.32 Å². The van der Waals surface area contributed by atoms with Crippen molar-refractivity contribution in [3.8, 4) is 0 Å². The van der Waals surface area contributed by atoms with Gasteiger partial charge in [0, 0.05) is 6.04 Å². The number of ketones is 1. The van der Waals surface area contributed by atoms with Crippen LogP contribution in [0.4, 0.5) is 8.78 Å². The quantitative estimate of drug-likeness (QED) is 0.770. The van der Waals surface area contributed by atoms with E-state index in [1.807, 2.05) is 0 Å². The second kappa shape index (κ2) is 4.06. The Kier molecular flexibility index (Phi) is 2.77. The van der Waals surface area contributed by atoms with Crippen molar-refractivity contribution >= 4 is 5.78 Å². The Hall–Kier alpha value is -1.29. The molecule has 1 aliphatic carbocycles. The Labute approximate surface area is 86.3 Å². The summed E-state index contributed by atoms with van der Waals surface area (Å²) in [6.45, 7) is 0.0744. The van der Waals surface area contributed by atoms with Gasteiger partial charge >= 0.3 is 0 Å². The molecule has 0 amide bonds. The summed E-state index contributed by atoms with van der Waals surface area (Å²) >= 11 is 0. The number of nitrogens with one attached hydrogen (secondary N) is 1. The second-order valence-corrected chi connectivity index (χ2v) is 3.68. The van der Waals surface area contributed by atoms with Gasteiger partial charge in [-0.05, 0) is 25.0 Å². The fourth-order valence-corrected chi connectivity index (χ4v) is 1.34. The molecule has 4 heteroatoms. The molecule has 1 N–H and O–H groups in total. The molecular formula is C11H11F2NO. The fourth-order valence-electron chi connectivity index (χ4n) is 1.34. The van der Waals surface area contributed by atoms with E-state index in [0.717, 1.165) is 18.9 Å². The summed E-state index contributed by atoms with van der Waals surface area (Å²) in [5.74, 6) is -2.44. The molecule has 0 heterocycles. The van der Waals surface area contributed by atoms with Crippen molar-refractivity contribution in [3.63, 3.8) is 0 Å². The summed E-state index contributed by atoms with van der Waals surface area (Å²) in [5, 5.41) is 2.96. The number of benzene rings is 1. The molecule has 0 spiro atoms. The number of halogens is 2. The molecular weight excluding hydrogens is 200 g/mol. The van der Waals surface area contributed by atoms with Crippen molar-refractivity contribution < 1.29 is 13.6 Å². The molecule has 1 saturated carbocycles. The zero-order valence-electron chi connectivity index (χ0n) is 8.09. The largest absolute Gasteiger partial charge is 0.307 e. The third-order valence-electron chi connectivity index (χ3n) is 2.38. The van der Waals surface area contributed by atoms with Gasteiger partial charge in [-0.2, -0.15) is 0 Å². The van der Waals surface area contributed by atoms with Crippen molar-refractivity contribution in [3.05, 3.63) is 35.4 Å². The van der Waals surface area contributed by atoms with Crippen LogP contribution in [0.2, 0.25) is 0 Å². The van der Waals surface area contributed by atoms with Crippen LogP contribution >= 0.6 is 0 Å². The summed E-state index contributed by atoms with van der Waals surface area (Å²) in [4.78, 5) is 11.5. The molecule has 1 fully saturated rings. The van der Waals surface area contributed by atoms with E-state index in [4.69, 9.17) is 0 Å². The smallest absolute Gasteiger partial charge is 0.179 e. The van der Waals surface area contributed by atoms with E-state index in [1.165, 1.54) is 12.1 Å². The molecule has 15 heavy (non-hydrogen) atoms. The lowest BCUT2D eigenvalue weighted by Crippen LogP contribution is -2.25. The molecule has 0 bridgehead atoms. The molecule has 80 valence electrons. The third kappa shape index (κ3) is 2.39. The first-order chi connectivity index (χ1) is 7.18. The average molecular weight is 211 g/mol. The van der Waals surface area contributed by atoms with Gasteiger partial charge < -0.3 is 5.32 Å². The molecule has 1 aromatic carbocycles. The summed E-state index contributed by atoms with van der Waals surface area (Å²) < 4.78 is 26.0. The first kappa shape index (κ1) is 10.2. The Bertz CT molecular complexity index is 388. The third-order valence-corrected chi connectivity index (χ3v) is 2.38. The molecule has 0 atom stereocenters. The number of carbonyl (C=O) groups is 1. The van der Waals surface area contributed by atoms with Crippen LogP contribution in [0.25, 0.3) is 0 Å². The van der Waals surface area contributed by atoms with Crippen molar-refractivity contribution in [1.82, 2.24) is 5.32 Å². The van der Waals surface area contributed by atoms with Gasteiger partial charge in [0.1, 0.15) is 0 Å². The number of hydrogen-bond donors (Lipinski definition) is 1. The van der Waals surface area contributed by atoms with Gasteiger partial charge in [0.15, 0.2) is 17.4 Å². The van der Waals surface area contributed by atoms with E-state index in [0.29, 0.717) is 6.04 Å². The number of rotatable bonds is 4. The normalized spacial score (nSPS) is 15.3. The molecule has 1 aromatic rings. The van der Waals surface area contributed by atoms with Gasteiger partial charge in [-0.15, -0.1) is 0 Å². The predicted molar refractivity (Wildman–Crippen MR) is 51.7 cm³/mol. The highest BCUT2D eigenvalue weighted by atomic mass is 19.2. The summed E-state index contributed by atoms with van der Waals surface area (Å²) in [6.07, 6.45) is 2.11. The zero-order valence-corrected chi connectivity index (χ0v) is 8.09. The Morgan fingerprint density at radius 2 is 2.13 bits per heavy atom. The van der Waals surface area contributed by atoms with Crippen LogP contribution in [-0.4, -0.2) is 18.4 Å². The first-order valence-electron chi connectivity index (χ1n) is 4.89. The van der Waals surface area contributed by atoms with E-state index in [2.05, 4.69) is 5.32 Å². The average Bonchev–Trinajstić information content (AvgIpc) is 3.02. The molecule has 0 aliphatic heterocycles. The molecule has 0 saturated heterocycles. The van der Waals surface area contributed by atoms with Gasteiger partial charge in [-0.1, -0.05) is 6.07 Å². The van der Waals surface area contributed by atoms with Crippen molar-refractivity contribution in [2.75, 3.05) is 6.54 Å². The Balaban J connectivity index is 2.06. The number of Topliss-reactive ketones (excluding diaryl/α,β-unsaturated/α-hetero) is 1. The van der Waals surface area contributed by atoms with Gasteiger partial charge in [0.05, 0.1) is 12.1 Å². The maximum atomic E-state index is 13.2. The Morgan fingerprint density at radius 3 is 2.80 bits per heavy atom. The molecule has 2 rings (SSSR count). The maximum absolute atomic E-state index is 13.2. The predicted octanol–water partition coefficient (Wildman–Crippen LogP) is 1.90. The lowest BCUT2D eigenvalue weighted by atomic mass is 10.1. The minimum Gasteiger partial charge on any atom is -0.307 e. The van der Waals surface area contributed by atoms with Crippen LogP contribution in [0.3, 0.4) is 0 Å². The van der Waals surface area contributed by atoms with Crippen molar-refractivity contribution in [2.24, 2.45) is 0 Å². The molecule has 2 nitrogen and oxygen atoms in total. The van der Waals surface area contributed by atoms with E-state index < -0.39 is 17.4 Å². The monoisotopic (exact) mass is 211 g/mol. The van der Waals surface area contributed by atoms with Crippen LogP contribution in [0.1, 0.15) is 23.2 Å². The van der Waals surface area contributed by atoms with Crippen LogP contribution in [0, 0.1) is 11.6 Å². The lowest BCUT2D eigenvalue weighted by molar-refractivity contribution is 0.0985. The summed E-state index contributed by atoms with van der Waals surface area (Å²) in [7, 11) is 0. The highest BCUT2D eigenvalue weighted by Gasteiger charge is 2.22. The highest BCUT2D eigenvalue weighted by molar-refractivity contribution is 5.97. The van der Waals surface area contributed by atoms with Gasteiger partial charge in [-0.3, -0.25) is 4.79 Å².